The fraction of sp³-hybridized carbons (Fsp3) is 0.579. The van der Waals surface area contributed by atoms with Gasteiger partial charge in [0.15, 0.2) is 0 Å². The number of urea groups is 1. The predicted octanol–water partition coefficient (Wildman–Crippen LogP) is 2.70. The van der Waals surface area contributed by atoms with Gasteiger partial charge in [-0.25, -0.2) is 9.18 Å². The number of carbonyl (C=O) groups is 2. The van der Waals surface area contributed by atoms with E-state index in [4.69, 9.17) is 0 Å². The summed E-state index contributed by atoms with van der Waals surface area (Å²) in [6, 6.07) is 6.49. The number of nitrogens with zero attached hydrogens (tertiary/aromatic N) is 1. The molecule has 0 saturated carbocycles. The van der Waals surface area contributed by atoms with Crippen LogP contribution in [-0.2, 0) is 11.2 Å². The monoisotopic (exact) mass is 349 g/mol. The van der Waals surface area contributed by atoms with Crippen LogP contribution in [0, 0.1) is 11.7 Å². The second kappa shape index (κ2) is 8.83. The Kier molecular flexibility index (Phi) is 6.79. The van der Waals surface area contributed by atoms with Crippen LogP contribution in [0.1, 0.15) is 39.2 Å². The lowest BCUT2D eigenvalue weighted by atomic mass is 9.96. The number of halogens is 1. The Balaban J connectivity index is 1.88. The summed E-state index contributed by atoms with van der Waals surface area (Å²) in [6.07, 6.45) is 2.22. The average molecular weight is 349 g/mol. The molecule has 0 spiro atoms. The Morgan fingerprint density at radius 2 is 1.80 bits per heavy atom. The van der Waals surface area contributed by atoms with Gasteiger partial charge in [-0.1, -0.05) is 26.0 Å². The molecule has 0 bridgehead atoms. The number of hydrogen-bond donors (Lipinski definition) is 2. The number of rotatable bonds is 5. The maximum atomic E-state index is 13.0. The summed E-state index contributed by atoms with van der Waals surface area (Å²) >= 11 is 0. The minimum Gasteiger partial charge on any atom is -0.353 e. The van der Waals surface area contributed by atoms with Gasteiger partial charge in [-0.05, 0) is 42.9 Å². The van der Waals surface area contributed by atoms with E-state index in [-0.39, 0.29) is 35.8 Å². The Hall–Kier alpha value is -2.11. The zero-order valence-corrected chi connectivity index (χ0v) is 15.2. The zero-order valence-electron chi connectivity index (χ0n) is 15.2. The Morgan fingerprint density at radius 3 is 2.32 bits per heavy atom. The topological polar surface area (TPSA) is 61.4 Å². The molecule has 5 nitrogen and oxygen atoms in total. The number of piperidine rings is 1. The van der Waals surface area contributed by atoms with E-state index in [1.165, 1.54) is 19.1 Å². The van der Waals surface area contributed by atoms with E-state index >= 15 is 0 Å². The highest BCUT2D eigenvalue weighted by molar-refractivity contribution is 5.75. The average Bonchev–Trinajstić information content (AvgIpc) is 2.56. The van der Waals surface area contributed by atoms with Crippen LogP contribution in [0.3, 0.4) is 0 Å². The first-order valence-corrected chi connectivity index (χ1v) is 8.92. The molecule has 1 heterocycles. The molecule has 1 atom stereocenters. The van der Waals surface area contributed by atoms with Gasteiger partial charge >= 0.3 is 6.03 Å². The summed E-state index contributed by atoms with van der Waals surface area (Å²) < 4.78 is 13.0. The summed E-state index contributed by atoms with van der Waals surface area (Å²) in [6.45, 7) is 6.92. The van der Waals surface area contributed by atoms with Gasteiger partial charge in [-0.2, -0.15) is 0 Å². The zero-order chi connectivity index (χ0) is 18.4. The first kappa shape index (κ1) is 19.2. The number of hydrogen-bond acceptors (Lipinski definition) is 2. The van der Waals surface area contributed by atoms with E-state index in [1.54, 1.807) is 17.0 Å². The van der Waals surface area contributed by atoms with Gasteiger partial charge < -0.3 is 15.5 Å². The summed E-state index contributed by atoms with van der Waals surface area (Å²) in [5, 5.41) is 6.02. The second-order valence-electron chi connectivity index (χ2n) is 7.09. The van der Waals surface area contributed by atoms with Crippen molar-refractivity contribution < 1.29 is 14.0 Å². The molecule has 0 aliphatic carbocycles. The lowest BCUT2D eigenvalue weighted by Crippen LogP contribution is -2.52. The molecule has 1 aliphatic heterocycles. The van der Waals surface area contributed by atoms with Crippen molar-refractivity contribution >= 4 is 11.9 Å². The molecule has 1 aromatic rings. The first-order chi connectivity index (χ1) is 11.8. The quantitative estimate of drug-likeness (QED) is 0.859. The van der Waals surface area contributed by atoms with E-state index in [1.807, 2.05) is 0 Å². The molecule has 1 aromatic carbocycles. The first-order valence-electron chi connectivity index (χ1n) is 8.92. The highest BCUT2D eigenvalue weighted by atomic mass is 19.1. The van der Waals surface area contributed by atoms with Crippen molar-refractivity contribution in [2.45, 2.75) is 52.1 Å². The number of nitrogens with one attached hydrogen (secondary N) is 2. The minimum atomic E-state index is -0.254. The summed E-state index contributed by atoms with van der Waals surface area (Å²) in [5.74, 6) is -0.0103. The third kappa shape index (κ3) is 6.03. The van der Waals surface area contributed by atoms with Crippen LogP contribution in [0.15, 0.2) is 24.3 Å². The maximum Gasteiger partial charge on any atom is 0.317 e. The fourth-order valence-corrected chi connectivity index (χ4v) is 3.09. The van der Waals surface area contributed by atoms with E-state index in [9.17, 15) is 14.0 Å². The standard InChI is InChI=1S/C19H28FN3O2/c1-13(2)18(12-15-4-6-16(20)7-5-15)22-19(25)23-10-8-17(9-11-23)21-14(3)24/h4-7,13,17-18H,8-12H2,1-3H3,(H,21,24)(H,22,25)/t18-/m1/s1. The van der Waals surface area contributed by atoms with Crippen LogP contribution in [0.5, 0.6) is 0 Å². The molecule has 0 aromatic heterocycles. The van der Waals surface area contributed by atoms with E-state index < -0.39 is 0 Å². The maximum absolute atomic E-state index is 13.0. The highest BCUT2D eigenvalue weighted by Gasteiger charge is 2.25. The second-order valence-corrected chi connectivity index (χ2v) is 7.09. The van der Waals surface area contributed by atoms with Crippen molar-refractivity contribution in [2.24, 2.45) is 5.92 Å². The van der Waals surface area contributed by atoms with Crippen LogP contribution in [0.2, 0.25) is 0 Å². The smallest absolute Gasteiger partial charge is 0.317 e. The number of amides is 3. The molecule has 2 rings (SSSR count). The number of carbonyl (C=O) groups excluding carboxylic acids is 2. The van der Waals surface area contributed by atoms with Gasteiger partial charge in [-0.15, -0.1) is 0 Å². The Bertz CT molecular complexity index is 581. The Morgan fingerprint density at radius 1 is 1.20 bits per heavy atom. The number of likely N-dealkylation sites (tertiary alicyclic amines) is 1. The van der Waals surface area contributed by atoms with Crippen LogP contribution in [0.25, 0.3) is 0 Å². The summed E-state index contributed by atoms with van der Waals surface area (Å²) in [4.78, 5) is 25.5. The molecule has 138 valence electrons. The molecular weight excluding hydrogens is 321 g/mol. The van der Waals surface area contributed by atoms with Crippen LogP contribution in [0.4, 0.5) is 9.18 Å². The molecular formula is C19H28FN3O2. The summed E-state index contributed by atoms with van der Waals surface area (Å²) in [7, 11) is 0. The lowest BCUT2D eigenvalue weighted by Gasteiger charge is -2.34. The molecule has 6 heteroatoms. The largest absolute Gasteiger partial charge is 0.353 e. The van der Waals surface area contributed by atoms with Crippen molar-refractivity contribution in [3.05, 3.63) is 35.6 Å². The van der Waals surface area contributed by atoms with Gasteiger partial charge in [0, 0.05) is 32.1 Å². The Labute approximate surface area is 149 Å². The van der Waals surface area contributed by atoms with Gasteiger partial charge in [0.05, 0.1) is 0 Å². The number of benzene rings is 1. The fourth-order valence-electron chi connectivity index (χ4n) is 3.09. The van der Waals surface area contributed by atoms with Crippen molar-refractivity contribution in [2.75, 3.05) is 13.1 Å². The summed E-state index contributed by atoms with van der Waals surface area (Å²) in [5.41, 5.74) is 1.00. The molecule has 3 amide bonds. The van der Waals surface area contributed by atoms with Crippen LogP contribution in [-0.4, -0.2) is 42.0 Å². The minimum absolute atomic E-state index is 0.00831. The van der Waals surface area contributed by atoms with E-state index in [2.05, 4.69) is 24.5 Å². The van der Waals surface area contributed by atoms with Crippen LogP contribution >= 0.6 is 0 Å². The molecule has 1 fully saturated rings. The highest BCUT2D eigenvalue weighted by Crippen LogP contribution is 2.14. The molecule has 0 radical (unpaired) electrons. The van der Waals surface area contributed by atoms with E-state index in [0.717, 1.165) is 18.4 Å². The van der Waals surface area contributed by atoms with Crippen LogP contribution < -0.4 is 10.6 Å². The third-order valence-electron chi connectivity index (χ3n) is 4.67. The SMILES string of the molecule is CC(=O)NC1CCN(C(=O)N[C@H](Cc2ccc(F)cc2)C(C)C)CC1. The lowest BCUT2D eigenvalue weighted by molar-refractivity contribution is -0.119. The van der Waals surface area contributed by atoms with Gasteiger partial charge in [-0.3, -0.25) is 4.79 Å². The van der Waals surface area contributed by atoms with E-state index in [0.29, 0.717) is 19.5 Å². The molecule has 1 saturated heterocycles. The van der Waals surface area contributed by atoms with Gasteiger partial charge in [0.25, 0.3) is 0 Å². The molecule has 2 N–H and O–H groups in total. The van der Waals surface area contributed by atoms with Crippen molar-refractivity contribution in [3.63, 3.8) is 0 Å². The van der Waals surface area contributed by atoms with Crippen molar-refractivity contribution in [1.82, 2.24) is 15.5 Å². The normalized spacial score (nSPS) is 16.6. The molecule has 0 unspecified atom stereocenters. The van der Waals surface area contributed by atoms with Gasteiger partial charge in [0.1, 0.15) is 5.82 Å². The van der Waals surface area contributed by atoms with Crippen molar-refractivity contribution in [1.29, 1.82) is 0 Å². The molecule has 25 heavy (non-hydrogen) atoms. The molecule has 1 aliphatic rings. The van der Waals surface area contributed by atoms with Gasteiger partial charge in [0.2, 0.25) is 5.91 Å². The third-order valence-corrected chi connectivity index (χ3v) is 4.67. The predicted molar refractivity (Wildman–Crippen MR) is 95.7 cm³/mol. The van der Waals surface area contributed by atoms with Crippen molar-refractivity contribution in [3.8, 4) is 0 Å².